The lowest BCUT2D eigenvalue weighted by Crippen LogP contribution is -3.00. The van der Waals surface area contributed by atoms with E-state index in [-0.39, 0.29) is 12.4 Å². The fourth-order valence-corrected chi connectivity index (χ4v) is 1.46. The van der Waals surface area contributed by atoms with Gasteiger partial charge in [-0.2, -0.15) is 0 Å². The quantitative estimate of drug-likeness (QED) is 0.688. The largest absolute Gasteiger partial charge is 1.00 e. The van der Waals surface area contributed by atoms with Gasteiger partial charge in [0.2, 0.25) is 0 Å². The maximum atomic E-state index is 3.78. The molecule has 0 aliphatic carbocycles. The minimum Gasteiger partial charge on any atom is -1.00 e. The third kappa shape index (κ3) is 7.07. The van der Waals surface area contributed by atoms with E-state index in [2.05, 4.69) is 47.9 Å². The highest BCUT2D eigenvalue weighted by molar-refractivity contribution is 5.01. The molecule has 0 N–H and O–H groups in total. The van der Waals surface area contributed by atoms with Crippen LogP contribution in [0, 0.1) is 6.92 Å². The Balaban J connectivity index is 0.000000352. The van der Waals surface area contributed by atoms with Gasteiger partial charge in [0.05, 0.1) is 6.33 Å². The maximum absolute atomic E-state index is 3.78. The number of rotatable bonds is 3. The van der Waals surface area contributed by atoms with Crippen LogP contribution in [0.25, 0.3) is 0 Å². The van der Waals surface area contributed by atoms with Crippen LogP contribution in [0.15, 0.2) is 43.2 Å². The van der Waals surface area contributed by atoms with Gasteiger partial charge in [-0.1, -0.05) is 13.3 Å². The molecule has 0 fully saturated rings. The van der Waals surface area contributed by atoms with Gasteiger partial charge in [-0.15, -0.1) is 0 Å². The lowest BCUT2D eigenvalue weighted by molar-refractivity contribution is -0.697. The molecule has 0 amide bonds. The number of imidazole rings is 1. The summed E-state index contributed by atoms with van der Waals surface area (Å²) in [5.74, 6) is 0. The number of aryl methyl sites for hydroxylation is 3. The molecule has 0 aliphatic rings. The molecule has 2 aromatic rings. The van der Waals surface area contributed by atoms with E-state index in [9.17, 15) is 0 Å². The lowest BCUT2D eigenvalue weighted by atomic mass is 10.3. The van der Waals surface area contributed by atoms with Crippen molar-refractivity contribution in [3.8, 4) is 0 Å². The molecule has 100 valence electrons. The van der Waals surface area contributed by atoms with Gasteiger partial charge in [0.1, 0.15) is 6.54 Å². The average molecular weight is 268 g/mol. The minimum absolute atomic E-state index is 0. The van der Waals surface area contributed by atoms with Gasteiger partial charge >= 0.3 is 0 Å². The molecule has 0 saturated carbocycles. The summed E-state index contributed by atoms with van der Waals surface area (Å²) in [4.78, 5) is 3.78. The summed E-state index contributed by atoms with van der Waals surface area (Å²) in [5.41, 5.74) is 1.34. The molecule has 4 heteroatoms. The highest BCUT2D eigenvalue weighted by Gasteiger charge is 1.97. The predicted molar refractivity (Wildman–Crippen MR) is 69.5 cm³/mol. The first-order chi connectivity index (χ1) is 8.22. The van der Waals surface area contributed by atoms with Crippen LogP contribution in [0.2, 0.25) is 0 Å². The molecule has 0 unspecified atom stereocenters. The zero-order valence-electron chi connectivity index (χ0n) is 11.4. The molecule has 0 bridgehead atoms. The monoisotopic (exact) mass is 267 g/mol. The van der Waals surface area contributed by atoms with Crippen molar-refractivity contribution in [2.75, 3.05) is 0 Å². The zero-order chi connectivity index (χ0) is 12.5. The molecule has 2 aromatic heterocycles. The zero-order valence-corrected chi connectivity index (χ0v) is 12.1. The fraction of sp³-hybridized carbons (Fsp3) is 0.429. The maximum Gasteiger partial charge on any atom is 0.171 e. The van der Waals surface area contributed by atoms with Crippen LogP contribution in [0.5, 0.6) is 0 Å². The average Bonchev–Trinajstić information content (AvgIpc) is 2.79. The van der Waals surface area contributed by atoms with Crippen molar-refractivity contribution >= 4 is 0 Å². The number of pyridine rings is 1. The Morgan fingerprint density at radius 2 is 2.17 bits per heavy atom. The van der Waals surface area contributed by atoms with Crippen LogP contribution in [0.1, 0.15) is 25.3 Å². The second kappa shape index (κ2) is 9.66. The Labute approximate surface area is 116 Å². The number of unbranched alkanes of at least 4 members (excludes halogenated alkanes) is 1. The van der Waals surface area contributed by atoms with Gasteiger partial charge in [-0.3, -0.25) is 0 Å². The number of aromatic nitrogens is 3. The molecule has 0 radical (unpaired) electrons. The van der Waals surface area contributed by atoms with E-state index in [0.29, 0.717) is 0 Å². The molecule has 0 saturated heterocycles. The smallest absolute Gasteiger partial charge is 0.171 e. The van der Waals surface area contributed by atoms with E-state index in [1.807, 2.05) is 17.8 Å². The van der Waals surface area contributed by atoms with E-state index >= 15 is 0 Å². The first-order valence-electron chi connectivity index (χ1n) is 6.10. The Morgan fingerprint density at radius 1 is 1.39 bits per heavy atom. The summed E-state index contributed by atoms with van der Waals surface area (Å²) < 4.78 is 4.14. The summed E-state index contributed by atoms with van der Waals surface area (Å²) in [5, 5.41) is 0. The Hall–Kier alpha value is -1.35. The number of halogens is 1. The first kappa shape index (κ1) is 16.6. The molecule has 2 rings (SSSR count). The van der Waals surface area contributed by atoms with Crippen molar-refractivity contribution in [1.82, 2.24) is 9.55 Å². The molecular formula is C14H22ClN3. The van der Waals surface area contributed by atoms with Gasteiger partial charge in [0.25, 0.3) is 0 Å². The third-order valence-electron chi connectivity index (χ3n) is 2.41. The van der Waals surface area contributed by atoms with Gasteiger partial charge in [0.15, 0.2) is 12.4 Å². The highest BCUT2D eigenvalue weighted by atomic mass is 35.5. The number of nitrogens with zero attached hydrogens (tertiary/aromatic N) is 3. The molecule has 2 heterocycles. The molecule has 18 heavy (non-hydrogen) atoms. The molecule has 0 spiro atoms. The van der Waals surface area contributed by atoms with Gasteiger partial charge in [-0.05, 0) is 13.0 Å². The molecule has 3 nitrogen and oxygen atoms in total. The van der Waals surface area contributed by atoms with Gasteiger partial charge in [-0.25, -0.2) is 9.55 Å². The summed E-state index contributed by atoms with van der Waals surface area (Å²) in [6.07, 6.45) is 12.2. The van der Waals surface area contributed by atoms with Crippen molar-refractivity contribution in [2.24, 2.45) is 7.05 Å². The first-order valence-corrected chi connectivity index (χ1v) is 6.10. The van der Waals surface area contributed by atoms with Crippen LogP contribution >= 0.6 is 0 Å². The molecular weight excluding hydrogens is 246 g/mol. The SMILES string of the molecule is CCCC[n+]1cccc(C)c1.Cn1ccnc1.[Cl-]. The van der Waals surface area contributed by atoms with Crippen LogP contribution in [-0.2, 0) is 13.6 Å². The van der Waals surface area contributed by atoms with Crippen molar-refractivity contribution in [2.45, 2.75) is 33.2 Å². The van der Waals surface area contributed by atoms with Crippen molar-refractivity contribution in [1.29, 1.82) is 0 Å². The molecule has 0 aromatic carbocycles. The van der Waals surface area contributed by atoms with Gasteiger partial charge < -0.3 is 17.0 Å². The van der Waals surface area contributed by atoms with E-state index in [4.69, 9.17) is 0 Å². The Bertz CT molecular complexity index is 413. The minimum atomic E-state index is 0. The van der Waals surface area contributed by atoms with Crippen molar-refractivity contribution < 1.29 is 17.0 Å². The van der Waals surface area contributed by atoms with E-state index in [0.717, 1.165) is 6.54 Å². The standard InChI is InChI=1S/C10H16N.C4H6N2.ClH/c1-3-4-7-11-8-5-6-10(2)9-11;1-6-3-2-5-4-6;/h5-6,8-9H,3-4,7H2,1-2H3;2-4H,1H3;1H/q+1;;/p-1. The van der Waals surface area contributed by atoms with E-state index in [1.165, 1.54) is 18.4 Å². The molecule has 0 aliphatic heterocycles. The summed E-state index contributed by atoms with van der Waals surface area (Å²) in [7, 11) is 1.94. The van der Waals surface area contributed by atoms with Crippen LogP contribution in [0.3, 0.4) is 0 Å². The number of hydrogen-bond donors (Lipinski definition) is 0. The van der Waals surface area contributed by atoms with Crippen LogP contribution in [0.4, 0.5) is 0 Å². The van der Waals surface area contributed by atoms with Gasteiger partial charge in [0, 0.05) is 37.5 Å². The van der Waals surface area contributed by atoms with Crippen molar-refractivity contribution in [3.05, 3.63) is 48.8 Å². The third-order valence-corrected chi connectivity index (χ3v) is 2.41. The second-order valence-electron chi connectivity index (χ2n) is 4.20. The second-order valence-corrected chi connectivity index (χ2v) is 4.20. The van der Waals surface area contributed by atoms with E-state index < -0.39 is 0 Å². The predicted octanol–water partition coefficient (Wildman–Crippen LogP) is -0.493. The summed E-state index contributed by atoms with van der Waals surface area (Å²) in [6, 6.07) is 4.23. The number of hydrogen-bond acceptors (Lipinski definition) is 1. The Morgan fingerprint density at radius 3 is 2.61 bits per heavy atom. The fourth-order valence-electron chi connectivity index (χ4n) is 1.46. The highest BCUT2D eigenvalue weighted by Crippen LogP contribution is 1.91. The summed E-state index contributed by atoms with van der Waals surface area (Å²) in [6.45, 7) is 5.50. The lowest BCUT2D eigenvalue weighted by Gasteiger charge is -1.94. The van der Waals surface area contributed by atoms with Crippen LogP contribution < -0.4 is 17.0 Å². The topological polar surface area (TPSA) is 21.7 Å². The van der Waals surface area contributed by atoms with E-state index in [1.54, 1.807) is 12.5 Å². The summed E-state index contributed by atoms with van der Waals surface area (Å²) >= 11 is 0. The van der Waals surface area contributed by atoms with Crippen LogP contribution in [-0.4, -0.2) is 9.55 Å². The van der Waals surface area contributed by atoms with Crippen molar-refractivity contribution in [3.63, 3.8) is 0 Å². The Kier molecular flexibility index (Phi) is 8.93. The molecule has 0 atom stereocenters. The normalized spacial score (nSPS) is 9.06.